The molecule has 0 aliphatic carbocycles. The van der Waals surface area contributed by atoms with Crippen LogP contribution in [0.1, 0.15) is 0 Å². The SMILES string of the molecule is c1ccc(-c2nc3ccc4c5cc(N(c6ccccc6)c6ccc7c(c6)oc6ccccc67)ccc5ccc4c3s2)cc1. The molecule has 0 N–H and O–H groups in total. The van der Waals surface area contributed by atoms with Crippen LogP contribution in [0.5, 0.6) is 0 Å². The number of furan rings is 1. The minimum absolute atomic E-state index is 0.882. The van der Waals surface area contributed by atoms with Crippen molar-refractivity contribution in [3.63, 3.8) is 0 Å². The summed E-state index contributed by atoms with van der Waals surface area (Å²) in [5.41, 5.74) is 7.22. The fourth-order valence-corrected chi connectivity index (χ4v) is 7.33. The molecule has 0 fully saturated rings. The van der Waals surface area contributed by atoms with E-state index in [1.807, 2.05) is 18.2 Å². The molecular weight excluding hydrogens is 545 g/mol. The molecule has 43 heavy (non-hydrogen) atoms. The Bertz CT molecular complexity index is 2460. The van der Waals surface area contributed by atoms with E-state index < -0.39 is 0 Å². The van der Waals surface area contributed by atoms with E-state index in [0.717, 1.165) is 55.1 Å². The highest BCUT2D eigenvalue weighted by molar-refractivity contribution is 7.22. The first-order valence-electron chi connectivity index (χ1n) is 14.4. The number of aromatic nitrogens is 1. The highest BCUT2D eigenvalue weighted by Gasteiger charge is 2.17. The summed E-state index contributed by atoms with van der Waals surface area (Å²) >= 11 is 1.76. The van der Waals surface area contributed by atoms with Crippen molar-refractivity contribution in [1.82, 2.24) is 4.98 Å². The largest absolute Gasteiger partial charge is 0.456 e. The predicted molar refractivity (Wildman–Crippen MR) is 182 cm³/mol. The molecule has 0 amide bonds. The fourth-order valence-electron chi connectivity index (χ4n) is 6.23. The van der Waals surface area contributed by atoms with E-state index in [4.69, 9.17) is 9.40 Å². The van der Waals surface area contributed by atoms with Crippen molar-refractivity contribution in [3.05, 3.63) is 146 Å². The van der Waals surface area contributed by atoms with Crippen LogP contribution in [0.2, 0.25) is 0 Å². The summed E-state index contributed by atoms with van der Waals surface area (Å²) in [6, 6.07) is 51.3. The first-order chi connectivity index (χ1) is 21.3. The molecule has 0 saturated heterocycles. The van der Waals surface area contributed by atoms with Gasteiger partial charge in [0.1, 0.15) is 16.2 Å². The Morgan fingerprint density at radius 1 is 0.488 bits per heavy atom. The van der Waals surface area contributed by atoms with Gasteiger partial charge in [-0.25, -0.2) is 4.98 Å². The molecule has 2 aromatic heterocycles. The van der Waals surface area contributed by atoms with Crippen molar-refractivity contribution in [3.8, 4) is 10.6 Å². The summed E-state index contributed by atoms with van der Waals surface area (Å²) in [6.45, 7) is 0. The van der Waals surface area contributed by atoms with Crippen LogP contribution in [0, 0.1) is 0 Å². The van der Waals surface area contributed by atoms with Crippen LogP contribution in [0.25, 0.3) is 64.3 Å². The molecule has 0 aliphatic rings. The molecule has 0 atom stereocenters. The minimum atomic E-state index is 0.882. The molecule has 0 radical (unpaired) electrons. The number of hydrogen-bond donors (Lipinski definition) is 0. The summed E-state index contributed by atoms with van der Waals surface area (Å²) < 4.78 is 7.51. The number of thiazole rings is 1. The molecule has 9 aromatic rings. The van der Waals surface area contributed by atoms with E-state index in [9.17, 15) is 0 Å². The van der Waals surface area contributed by atoms with E-state index in [2.05, 4.69) is 132 Å². The molecule has 202 valence electrons. The summed E-state index contributed by atoms with van der Waals surface area (Å²) in [4.78, 5) is 7.29. The molecule has 0 saturated carbocycles. The van der Waals surface area contributed by atoms with Crippen LogP contribution in [0.15, 0.2) is 150 Å². The zero-order chi connectivity index (χ0) is 28.3. The van der Waals surface area contributed by atoms with E-state index in [1.54, 1.807) is 11.3 Å². The Morgan fingerprint density at radius 2 is 1.16 bits per heavy atom. The van der Waals surface area contributed by atoms with E-state index in [0.29, 0.717) is 0 Å². The van der Waals surface area contributed by atoms with Gasteiger partial charge in [0.2, 0.25) is 0 Å². The van der Waals surface area contributed by atoms with Crippen LogP contribution >= 0.6 is 11.3 Å². The molecule has 3 nitrogen and oxygen atoms in total. The predicted octanol–water partition coefficient (Wildman–Crippen LogP) is 11.6. The third-order valence-electron chi connectivity index (χ3n) is 8.27. The van der Waals surface area contributed by atoms with Crippen LogP contribution in [0.3, 0.4) is 0 Å². The van der Waals surface area contributed by atoms with Gasteiger partial charge in [0.15, 0.2) is 0 Å². The van der Waals surface area contributed by atoms with Crippen LogP contribution in [-0.2, 0) is 0 Å². The monoisotopic (exact) mass is 568 g/mol. The van der Waals surface area contributed by atoms with Crippen molar-refractivity contribution < 1.29 is 4.42 Å². The molecular formula is C39H24N2OS. The molecule has 0 bridgehead atoms. The van der Waals surface area contributed by atoms with E-state index in [-0.39, 0.29) is 0 Å². The first kappa shape index (κ1) is 24.2. The van der Waals surface area contributed by atoms with Gasteiger partial charge in [-0.2, -0.15) is 0 Å². The van der Waals surface area contributed by atoms with Crippen LogP contribution in [-0.4, -0.2) is 4.98 Å². The number of hydrogen-bond acceptors (Lipinski definition) is 4. The van der Waals surface area contributed by atoms with Gasteiger partial charge in [-0.3, -0.25) is 0 Å². The van der Waals surface area contributed by atoms with Crippen molar-refractivity contribution in [2.24, 2.45) is 0 Å². The van der Waals surface area contributed by atoms with Gasteiger partial charge in [0.25, 0.3) is 0 Å². The van der Waals surface area contributed by atoms with Crippen LogP contribution < -0.4 is 4.90 Å². The number of fused-ring (bicyclic) bond motifs is 8. The van der Waals surface area contributed by atoms with E-state index >= 15 is 0 Å². The number of nitrogens with zero attached hydrogens (tertiary/aromatic N) is 2. The second-order valence-electron chi connectivity index (χ2n) is 10.8. The standard InChI is InChI=1S/C39H24N2OS/c1-3-9-26(10-4-1)39-40-35-22-21-30-33(38(35)43-39)19-16-25-15-17-28(23-34(25)30)41(27-11-5-2-6-12-27)29-18-20-32-31-13-7-8-14-36(31)42-37(32)24-29/h1-24H. The van der Waals surface area contributed by atoms with Crippen molar-refractivity contribution >= 4 is 82.1 Å². The third-order valence-corrected chi connectivity index (χ3v) is 9.42. The number of rotatable bonds is 4. The highest BCUT2D eigenvalue weighted by atomic mass is 32.1. The van der Waals surface area contributed by atoms with Gasteiger partial charge in [-0.1, -0.05) is 91.0 Å². The number of para-hydroxylation sites is 2. The zero-order valence-electron chi connectivity index (χ0n) is 23.1. The lowest BCUT2D eigenvalue weighted by molar-refractivity contribution is 0.669. The Labute approximate surface area is 251 Å². The number of anilines is 3. The quantitative estimate of drug-likeness (QED) is 0.198. The van der Waals surface area contributed by atoms with E-state index in [1.165, 1.54) is 26.2 Å². The third kappa shape index (κ3) is 3.92. The first-order valence-corrected chi connectivity index (χ1v) is 15.2. The minimum Gasteiger partial charge on any atom is -0.456 e. The van der Waals surface area contributed by atoms with Gasteiger partial charge < -0.3 is 9.32 Å². The lowest BCUT2D eigenvalue weighted by Crippen LogP contribution is -2.09. The zero-order valence-corrected chi connectivity index (χ0v) is 23.9. The average molecular weight is 569 g/mol. The van der Waals surface area contributed by atoms with Gasteiger partial charge in [0.05, 0.1) is 10.2 Å². The second kappa shape index (κ2) is 9.55. The maximum atomic E-state index is 6.29. The molecule has 2 heterocycles. The summed E-state index contributed by atoms with van der Waals surface area (Å²) in [5.74, 6) is 0. The second-order valence-corrected chi connectivity index (χ2v) is 11.8. The van der Waals surface area contributed by atoms with Gasteiger partial charge in [-0.15, -0.1) is 11.3 Å². The molecule has 0 unspecified atom stereocenters. The molecule has 0 spiro atoms. The highest BCUT2D eigenvalue weighted by Crippen LogP contribution is 2.42. The number of benzene rings is 7. The summed E-state index contributed by atoms with van der Waals surface area (Å²) in [6.07, 6.45) is 0. The maximum Gasteiger partial charge on any atom is 0.137 e. The average Bonchev–Trinajstić information content (AvgIpc) is 3.67. The topological polar surface area (TPSA) is 29.3 Å². The van der Waals surface area contributed by atoms with Gasteiger partial charge in [0, 0.05) is 44.9 Å². The molecule has 4 heteroatoms. The Morgan fingerprint density at radius 3 is 2.05 bits per heavy atom. The summed E-state index contributed by atoms with van der Waals surface area (Å²) in [5, 5.41) is 8.21. The molecule has 7 aromatic carbocycles. The fraction of sp³-hybridized carbons (Fsp3) is 0. The Balaban J connectivity index is 1.24. The Hall–Kier alpha value is -5.45. The van der Waals surface area contributed by atoms with Gasteiger partial charge in [-0.05, 0) is 64.7 Å². The van der Waals surface area contributed by atoms with Crippen molar-refractivity contribution in [1.29, 1.82) is 0 Å². The lowest BCUT2D eigenvalue weighted by atomic mass is 10.0. The normalized spacial score (nSPS) is 11.7. The lowest BCUT2D eigenvalue weighted by Gasteiger charge is -2.26. The van der Waals surface area contributed by atoms with Crippen molar-refractivity contribution in [2.75, 3.05) is 4.90 Å². The molecule has 0 aliphatic heterocycles. The maximum absolute atomic E-state index is 6.29. The van der Waals surface area contributed by atoms with Crippen LogP contribution in [0.4, 0.5) is 17.1 Å². The Kier molecular flexibility index (Phi) is 5.37. The molecule has 9 rings (SSSR count). The van der Waals surface area contributed by atoms with Gasteiger partial charge >= 0.3 is 0 Å². The van der Waals surface area contributed by atoms with Crippen molar-refractivity contribution in [2.45, 2.75) is 0 Å². The summed E-state index contributed by atoms with van der Waals surface area (Å²) in [7, 11) is 0. The smallest absolute Gasteiger partial charge is 0.137 e.